The molecule has 0 saturated carbocycles. The van der Waals surface area contributed by atoms with Crippen molar-refractivity contribution < 1.29 is 14.6 Å². The predicted molar refractivity (Wildman–Crippen MR) is 65.3 cm³/mol. The van der Waals surface area contributed by atoms with Gasteiger partial charge in [-0.3, -0.25) is 4.79 Å². The SMILES string of the molecule is CC(C(=O)O)C1c2ccccc2OCC1(C)C. The zero-order valence-corrected chi connectivity index (χ0v) is 10.4. The average Bonchev–Trinajstić information content (AvgIpc) is 2.27. The second-order valence-electron chi connectivity index (χ2n) is 5.42. The number of hydrogen-bond donors (Lipinski definition) is 1. The van der Waals surface area contributed by atoms with Gasteiger partial charge in [-0.25, -0.2) is 0 Å². The van der Waals surface area contributed by atoms with E-state index in [9.17, 15) is 9.90 Å². The fourth-order valence-corrected chi connectivity index (χ4v) is 2.73. The first-order chi connectivity index (χ1) is 7.93. The summed E-state index contributed by atoms with van der Waals surface area (Å²) in [6.45, 7) is 6.46. The zero-order chi connectivity index (χ0) is 12.6. The van der Waals surface area contributed by atoms with Crippen LogP contribution in [0.2, 0.25) is 0 Å². The minimum Gasteiger partial charge on any atom is -0.493 e. The van der Waals surface area contributed by atoms with Gasteiger partial charge < -0.3 is 9.84 Å². The van der Waals surface area contributed by atoms with E-state index in [4.69, 9.17) is 4.74 Å². The predicted octanol–water partition coefficient (Wildman–Crippen LogP) is 2.91. The van der Waals surface area contributed by atoms with E-state index in [0.717, 1.165) is 11.3 Å². The van der Waals surface area contributed by atoms with Crippen LogP contribution in [0, 0.1) is 11.3 Å². The third kappa shape index (κ3) is 2.02. The summed E-state index contributed by atoms with van der Waals surface area (Å²) in [4.78, 5) is 11.3. The number of benzene rings is 1. The van der Waals surface area contributed by atoms with Gasteiger partial charge in [-0.05, 0) is 11.6 Å². The molecule has 2 rings (SSSR count). The van der Waals surface area contributed by atoms with Crippen LogP contribution in [0.4, 0.5) is 0 Å². The van der Waals surface area contributed by atoms with E-state index in [2.05, 4.69) is 13.8 Å². The molecule has 0 bridgehead atoms. The van der Waals surface area contributed by atoms with Gasteiger partial charge in [-0.2, -0.15) is 0 Å². The lowest BCUT2D eigenvalue weighted by atomic mass is 9.68. The molecular formula is C14H18O3. The van der Waals surface area contributed by atoms with Crippen molar-refractivity contribution >= 4 is 5.97 Å². The fourth-order valence-electron chi connectivity index (χ4n) is 2.73. The van der Waals surface area contributed by atoms with Crippen molar-refractivity contribution in [3.05, 3.63) is 29.8 Å². The zero-order valence-electron chi connectivity index (χ0n) is 10.4. The summed E-state index contributed by atoms with van der Waals surface area (Å²) in [5, 5.41) is 9.25. The molecule has 1 aliphatic rings. The minimum absolute atomic E-state index is 0.00931. The Morgan fingerprint density at radius 3 is 2.76 bits per heavy atom. The Kier molecular flexibility index (Phi) is 2.86. The average molecular weight is 234 g/mol. The topological polar surface area (TPSA) is 46.5 Å². The Morgan fingerprint density at radius 1 is 1.47 bits per heavy atom. The molecule has 2 atom stereocenters. The van der Waals surface area contributed by atoms with E-state index in [1.165, 1.54) is 0 Å². The summed E-state index contributed by atoms with van der Waals surface area (Å²) in [5.41, 5.74) is 0.852. The van der Waals surface area contributed by atoms with Gasteiger partial charge in [0.1, 0.15) is 5.75 Å². The van der Waals surface area contributed by atoms with Crippen LogP contribution in [0.25, 0.3) is 0 Å². The van der Waals surface area contributed by atoms with E-state index >= 15 is 0 Å². The van der Waals surface area contributed by atoms with Crippen LogP contribution in [0.15, 0.2) is 24.3 Å². The summed E-state index contributed by atoms with van der Waals surface area (Å²) in [7, 11) is 0. The van der Waals surface area contributed by atoms with Crippen LogP contribution in [-0.4, -0.2) is 17.7 Å². The maximum Gasteiger partial charge on any atom is 0.306 e. The molecule has 0 aromatic heterocycles. The highest BCUT2D eigenvalue weighted by Crippen LogP contribution is 2.48. The first-order valence-electron chi connectivity index (χ1n) is 5.88. The van der Waals surface area contributed by atoms with Gasteiger partial charge in [0.15, 0.2) is 0 Å². The molecule has 0 spiro atoms. The summed E-state index contributed by atoms with van der Waals surface area (Å²) in [6, 6.07) is 7.73. The Labute approximate surface area is 101 Å². The lowest BCUT2D eigenvalue weighted by Crippen LogP contribution is -2.39. The number of rotatable bonds is 2. The van der Waals surface area contributed by atoms with E-state index in [1.54, 1.807) is 6.92 Å². The van der Waals surface area contributed by atoms with Gasteiger partial charge in [0.25, 0.3) is 0 Å². The number of ether oxygens (including phenoxy) is 1. The maximum atomic E-state index is 11.3. The summed E-state index contributed by atoms with van der Waals surface area (Å²) in [5.74, 6) is -0.343. The van der Waals surface area contributed by atoms with Gasteiger partial charge in [0.05, 0.1) is 12.5 Å². The van der Waals surface area contributed by atoms with Crippen LogP contribution in [0.1, 0.15) is 32.3 Å². The molecule has 17 heavy (non-hydrogen) atoms. The Bertz CT molecular complexity index is 437. The lowest BCUT2D eigenvalue weighted by Gasteiger charge is -2.41. The van der Waals surface area contributed by atoms with Crippen LogP contribution in [0.5, 0.6) is 5.75 Å². The molecule has 2 unspecified atom stereocenters. The van der Waals surface area contributed by atoms with Crippen LogP contribution >= 0.6 is 0 Å². The quantitative estimate of drug-likeness (QED) is 0.855. The number of fused-ring (bicyclic) bond motifs is 1. The normalized spacial score (nSPS) is 23.4. The number of aliphatic carboxylic acids is 1. The number of carboxylic acids is 1. The van der Waals surface area contributed by atoms with Crippen molar-refractivity contribution in [1.29, 1.82) is 0 Å². The van der Waals surface area contributed by atoms with Crippen molar-refractivity contribution in [3.63, 3.8) is 0 Å². The van der Waals surface area contributed by atoms with Crippen molar-refractivity contribution in [3.8, 4) is 5.75 Å². The van der Waals surface area contributed by atoms with Crippen molar-refractivity contribution in [2.75, 3.05) is 6.61 Å². The monoisotopic (exact) mass is 234 g/mol. The maximum absolute atomic E-state index is 11.3. The molecular weight excluding hydrogens is 216 g/mol. The molecule has 1 N–H and O–H groups in total. The van der Waals surface area contributed by atoms with Crippen molar-refractivity contribution in [2.24, 2.45) is 11.3 Å². The summed E-state index contributed by atoms with van der Waals surface area (Å²) in [6.07, 6.45) is 0. The second-order valence-corrected chi connectivity index (χ2v) is 5.42. The number of hydrogen-bond acceptors (Lipinski definition) is 2. The summed E-state index contributed by atoms with van der Waals surface area (Å²) >= 11 is 0. The molecule has 0 amide bonds. The molecule has 0 fully saturated rings. The first kappa shape index (κ1) is 12.0. The first-order valence-corrected chi connectivity index (χ1v) is 5.88. The molecule has 1 aliphatic heterocycles. The number of carbonyl (C=O) groups is 1. The molecule has 1 aromatic rings. The van der Waals surface area contributed by atoms with Gasteiger partial charge in [0.2, 0.25) is 0 Å². The smallest absolute Gasteiger partial charge is 0.306 e. The van der Waals surface area contributed by atoms with Crippen molar-refractivity contribution in [2.45, 2.75) is 26.7 Å². The number of para-hydroxylation sites is 1. The molecule has 1 heterocycles. The molecule has 3 heteroatoms. The Morgan fingerprint density at radius 2 is 2.12 bits per heavy atom. The standard InChI is InChI=1S/C14H18O3/c1-9(13(15)16)12-10-6-4-5-7-11(10)17-8-14(12,2)3/h4-7,9,12H,8H2,1-3H3,(H,15,16). The molecule has 92 valence electrons. The third-order valence-electron chi connectivity index (χ3n) is 3.59. The minimum atomic E-state index is -0.750. The lowest BCUT2D eigenvalue weighted by molar-refractivity contribution is -0.143. The number of carboxylic acid groups (broad SMARTS) is 1. The van der Waals surface area contributed by atoms with E-state index in [1.807, 2.05) is 24.3 Å². The molecule has 0 radical (unpaired) electrons. The van der Waals surface area contributed by atoms with Crippen LogP contribution < -0.4 is 4.74 Å². The summed E-state index contributed by atoms with van der Waals surface area (Å²) < 4.78 is 5.71. The van der Waals surface area contributed by atoms with Crippen LogP contribution in [0.3, 0.4) is 0 Å². The van der Waals surface area contributed by atoms with E-state index < -0.39 is 11.9 Å². The highest BCUT2D eigenvalue weighted by Gasteiger charge is 2.42. The highest BCUT2D eigenvalue weighted by molar-refractivity contribution is 5.71. The molecule has 3 nitrogen and oxygen atoms in total. The fraction of sp³-hybridized carbons (Fsp3) is 0.500. The van der Waals surface area contributed by atoms with E-state index in [0.29, 0.717) is 6.61 Å². The van der Waals surface area contributed by atoms with E-state index in [-0.39, 0.29) is 11.3 Å². The third-order valence-corrected chi connectivity index (χ3v) is 3.59. The van der Waals surface area contributed by atoms with Crippen LogP contribution in [-0.2, 0) is 4.79 Å². The van der Waals surface area contributed by atoms with Crippen molar-refractivity contribution in [1.82, 2.24) is 0 Å². The second kappa shape index (κ2) is 4.06. The Balaban J connectivity index is 2.49. The van der Waals surface area contributed by atoms with Gasteiger partial charge in [0, 0.05) is 11.3 Å². The van der Waals surface area contributed by atoms with Gasteiger partial charge >= 0.3 is 5.97 Å². The Hall–Kier alpha value is -1.51. The van der Waals surface area contributed by atoms with Gasteiger partial charge in [-0.15, -0.1) is 0 Å². The highest BCUT2D eigenvalue weighted by atomic mass is 16.5. The van der Waals surface area contributed by atoms with Gasteiger partial charge in [-0.1, -0.05) is 39.0 Å². The molecule has 0 aliphatic carbocycles. The largest absolute Gasteiger partial charge is 0.493 e. The molecule has 0 saturated heterocycles. The molecule has 1 aromatic carbocycles.